The maximum Gasteiger partial charge on any atom is 0.319 e. The SMILES string of the molecule is CSc1cccc(NC(=O)NC2CCN(Cc3ccncc3)CC2)c1. The van der Waals surface area contributed by atoms with Crippen molar-refractivity contribution >= 4 is 23.5 Å². The van der Waals surface area contributed by atoms with Crippen molar-refractivity contribution in [3.8, 4) is 0 Å². The third-order valence-corrected chi connectivity index (χ3v) is 5.13. The lowest BCUT2D eigenvalue weighted by Gasteiger charge is -2.32. The van der Waals surface area contributed by atoms with Gasteiger partial charge in [-0.1, -0.05) is 6.07 Å². The number of carbonyl (C=O) groups excluding carboxylic acids is 1. The fraction of sp³-hybridized carbons (Fsp3) is 0.368. The molecule has 1 aromatic carbocycles. The van der Waals surface area contributed by atoms with Crippen LogP contribution in [0.25, 0.3) is 0 Å². The quantitative estimate of drug-likeness (QED) is 0.804. The Bertz CT molecular complexity index is 687. The van der Waals surface area contributed by atoms with Crippen molar-refractivity contribution in [3.05, 3.63) is 54.4 Å². The third kappa shape index (κ3) is 5.47. The first-order valence-corrected chi connectivity index (χ1v) is 9.78. The minimum atomic E-state index is -0.120. The monoisotopic (exact) mass is 356 g/mol. The van der Waals surface area contributed by atoms with Crippen molar-refractivity contribution in [3.63, 3.8) is 0 Å². The Hall–Kier alpha value is -2.05. The zero-order chi connectivity index (χ0) is 17.5. The third-order valence-electron chi connectivity index (χ3n) is 4.41. The second kappa shape index (κ2) is 8.87. The minimum Gasteiger partial charge on any atom is -0.335 e. The summed E-state index contributed by atoms with van der Waals surface area (Å²) in [4.78, 5) is 19.8. The van der Waals surface area contributed by atoms with E-state index < -0.39 is 0 Å². The normalized spacial score (nSPS) is 15.7. The molecule has 2 aromatic rings. The van der Waals surface area contributed by atoms with Crippen LogP contribution >= 0.6 is 11.8 Å². The summed E-state index contributed by atoms with van der Waals surface area (Å²) in [6.45, 7) is 2.94. The molecule has 1 fully saturated rings. The smallest absolute Gasteiger partial charge is 0.319 e. The summed E-state index contributed by atoms with van der Waals surface area (Å²) in [5.74, 6) is 0. The summed E-state index contributed by atoms with van der Waals surface area (Å²) < 4.78 is 0. The molecule has 132 valence electrons. The largest absolute Gasteiger partial charge is 0.335 e. The number of amides is 2. The Labute approximate surface area is 153 Å². The summed E-state index contributed by atoms with van der Waals surface area (Å²) in [7, 11) is 0. The number of hydrogen-bond donors (Lipinski definition) is 2. The minimum absolute atomic E-state index is 0.120. The molecule has 1 aromatic heterocycles. The highest BCUT2D eigenvalue weighted by molar-refractivity contribution is 7.98. The van der Waals surface area contributed by atoms with Gasteiger partial charge >= 0.3 is 6.03 Å². The second-order valence-corrected chi connectivity index (χ2v) is 7.12. The van der Waals surface area contributed by atoms with Crippen LogP contribution in [0.2, 0.25) is 0 Å². The molecule has 0 unspecified atom stereocenters. The molecule has 1 saturated heterocycles. The van der Waals surface area contributed by atoms with Gasteiger partial charge in [-0.15, -0.1) is 11.8 Å². The zero-order valence-electron chi connectivity index (χ0n) is 14.4. The van der Waals surface area contributed by atoms with Crippen molar-refractivity contribution in [2.24, 2.45) is 0 Å². The van der Waals surface area contributed by atoms with Crippen LogP contribution in [0.3, 0.4) is 0 Å². The average molecular weight is 356 g/mol. The van der Waals surface area contributed by atoms with E-state index in [1.807, 2.05) is 42.9 Å². The average Bonchev–Trinajstić information content (AvgIpc) is 2.64. The van der Waals surface area contributed by atoms with Gasteiger partial charge in [-0.3, -0.25) is 9.88 Å². The van der Waals surface area contributed by atoms with Crippen molar-refractivity contribution in [1.82, 2.24) is 15.2 Å². The number of anilines is 1. The van der Waals surface area contributed by atoms with E-state index in [-0.39, 0.29) is 12.1 Å². The molecular formula is C19H24N4OS. The number of carbonyl (C=O) groups is 1. The maximum atomic E-state index is 12.2. The van der Waals surface area contributed by atoms with Gasteiger partial charge in [0.1, 0.15) is 0 Å². The maximum absolute atomic E-state index is 12.2. The molecule has 3 rings (SSSR count). The first-order chi connectivity index (χ1) is 12.2. The van der Waals surface area contributed by atoms with Gasteiger partial charge in [0.2, 0.25) is 0 Å². The van der Waals surface area contributed by atoms with Crippen LogP contribution in [0.5, 0.6) is 0 Å². The van der Waals surface area contributed by atoms with Crippen LogP contribution in [0, 0.1) is 0 Å². The molecule has 0 bridgehead atoms. The number of urea groups is 1. The van der Waals surface area contributed by atoms with Crippen LogP contribution in [0.4, 0.5) is 10.5 Å². The van der Waals surface area contributed by atoms with Crippen molar-refractivity contribution in [1.29, 1.82) is 0 Å². The van der Waals surface area contributed by atoms with E-state index in [0.29, 0.717) is 0 Å². The van der Waals surface area contributed by atoms with Gasteiger partial charge in [0.15, 0.2) is 0 Å². The number of pyridine rings is 1. The van der Waals surface area contributed by atoms with E-state index in [2.05, 4.69) is 32.7 Å². The highest BCUT2D eigenvalue weighted by Crippen LogP contribution is 2.19. The number of hydrogen-bond acceptors (Lipinski definition) is 4. The molecular weight excluding hydrogens is 332 g/mol. The van der Waals surface area contributed by atoms with Crippen molar-refractivity contribution < 1.29 is 4.79 Å². The van der Waals surface area contributed by atoms with E-state index in [0.717, 1.165) is 43.1 Å². The summed E-state index contributed by atoms with van der Waals surface area (Å²) in [5.41, 5.74) is 2.12. The topological polar surface area (TPSA) is 57.3 Å². The predicted molar refractivity (Wildman–Crippen MR) is 103 cm³/mol. The van der Waals surface area contributed by atoms with Gasteiger partial charge in [-0.25, -0.2) is 4.79 Å². The molecule has 0 spiro atoms. The van der Waals surface area contributed by atoms with E-state index >= 15 is 0 Å². The summed E-state index contributed by atoms with van der Waals surface area (Å²) in [6.07, 6.45) is 7.64. The van der Waals surface area contributed by atoms with Gasteiger partial charge in [0.25, 0.3) is 0 Å². The van der Waals surface area contributed by atoms with Gasteiger partial charge in [0.05, 0.1) is 0 Å². The van der Waals surface area contributed by atoms with Gasteiger partial charge in [-0.2, -0.15) is 0 Å². The number of nitrogens with one attached hydrogen (secondary N) is 2. The van der Waals surface area contributed by atoms with Crippen LogP contribution in [-0.4, -0.2) is 41.3 Å². The highest BCUT2D eigenvalue weighted by atomic mass is 32.2. The van der Waals surface area contributed by atoms with Gasteiger partial charge in [0, 0.05) is 48.7 Å². The Morgan fingerprint density at radius 3 is 2.72 bits per heavy atom. The molecule has 2 heterocycles. The number of aromatic nitrogens is 1. The van der Waals surface area contributed by atoms with E-state index in [9.17, 15) is 4.79 Å². The predicted octanol–water partition coefficient (Wildman–Crippen LogP) is 3.59. The Morgan fingerprint density at radius 2 is 2.00 bits per heavy atom. The zero-order valence-corrected chi connectivity index (χ0v) is 15.3. The number of likely N-dealkylation sites (tertiary alicyclic amines) is 1. The number of rotatable bonds is 5. The first kappa shape index (κ1) is 17.8. The summed E-state index contributed by atoms with van der Waals surface area (Å²) >= 11 is 1.67. The standard InChI is InChI=1S/C19H24N4OS/c1-25-18-4-2-3-17(13-18)22-19(24)21-16-7-11-23(12-8-16)14-15-5-9-20-10-6-15/h2-6,9-10,13,16H,7-8,11-12,14H2,1H3,(H2,21,22,24). The van der Waals surface area contributed by atoms with E-state index in [4.69, 9.17) is 0 Å². The molecule has 5 nitrogen and oxygen atoms in total. The molecule has 1 aliphatic rings. The van der Waals surface area contributed by atoms with E-state index in [1.165, 1.54) is 5.56 Å². The first-order valence-electron chi connectivity index (χ1n) is 8.56. The summed E-state index contributed by atoms with van der Waals surface area (Å²) in [6, 6.07) is 12.1. The lowest BCUT2D eigenvalue weighted by molar-refractivity contribution is 0.190. The van der Waals surface area contributed by atoms with Crippen LogP contribution in [0.1, 0.15) is 18.4 Å². The number of piperidine rings is 1. The number of benzene rings is 1. The van der Waals surface area contributed by atoms with E-state index in [1.54, 1.807) is 11.8 Å². The van der Waals surface area contributed by atoms with Crippen LogP contribution < -0.4 is 10.6 Å². The molecule has 1 aliphatic heterocycles. The van der Waals surface area contributed by atoms with Crippen molar-refractivity contribution in [2.75, 3.05) is 24.7 Å². The number of thioether (sulfide) groups is 1. The second-order valence-electron chi connectivity index (χ2n) is 6.24. The molecule has 2 amide bonds. The molecule has 0 aliphatic carbocycles. The Kier molecular flexibility index (Phi) is 6.30. The Morgan fingerprint density at radius 1 is 1.24 bits per heavy atom. The van der Waals surface area contributed by atoms with Crippen LogP contribution in [-0.2, 0) is 6.54 Å². The van der Waals surface area contributed by atoms with Crippen molar-refractivity contribution in [2.45, 2.75) is 30.3 Å². The molecule has 2 N–H and O–H groups in total. The molecule has 0 saturated carbocycles. The lowest BCUT2D eigenvalue weighted by Crippen LogP contribution is -2.45. The Balaban J connectivity index is 1.43. The fourth-order valence-corrected chi connectivity index (χ4v) is 3.49. The lowest BCUT2D eigenvalue weighted by atomic mass is 10.0. The number of nitrogens with zero attached hydrogens (tertiary/aromatic N) is 2. The molecule has 0 atom stereocenters. The van der Waals surface area contributed by atoms with Crippen LogP contribution in [0.15, 0.2) is 53.7 Å². The molecule has 0 radical (unpaired) electrons. The molecule has 25 heavy (non-hydrogen) atoms. The highest BCUT2D eigenvalue weighted by Gasteiger charge is 2.20. The van der Waals surface area contributed by atoms with Gasteiger partial charge < -0.3 is 10.6 Å². The summed E-state index contributed by atoms with van der Waals surface area (Å²) in [5, 5.41) is 6.03. The fourth-order valence-electron chi connectivity index (χ4n) is 3.04. The van der Waals surface area contributed by atoms with Gasteiger partial charge in [-0.05, 0) is 55.0 Å². The molecule has 6 heteroatoms.